The molecule has 0 aliphatic heterocycles. The van der Waals surface area contributed by atoms with Gasteiger partial charge in [-0.2, -0.15) is 11.8 Å². The normalized spacial score (nSPS) is 20.7. The van der Waals surface area contributed by atoms with Gasteiger partial charge in [-0.25, -0.2) is 0 Å². The quantitative estimate of drug-likeness (QED) is 0.302. The fourth-order valence-corrected chi connectivity index (χ4v) is 3.44. The van der Waals surface area contributed by atoms with E-state index in [1.807, 2.05) is 30.9 Å². The van der Waals surface area contributed by atoms with Gasteiger partial charge in [0.2, 0.25) is 0 Å². The first-order valence-corrected chi connectivity index (χ1v) is 9.19. The molecule has 1 aliphatic carbocycles. The van der Waals surface area contributed by atoms with Crippen LogP contribution in [0.25, 0.3) is 0 Å². The van der Waals surface area contributed by atoms with Crippen LogP contribution in [-0.4, -0.2) is 43.7 Å². The first kappa shape index (κ1) is 20.4. The van der Waals surface area contributed by atoms with Crippen LogP contribution in [-0.2, 0) is 0 Å². The van der Waals surface area contributed by atoms with Crippen molar-refractivity contribution in [3.05, 3.63) is 29.8 Å². The van der Waals surface area contributed by atoms with E-state index in [2.05, 4.69) is 40.9 Å². The zero-order chi connectivity index (χ0) is 15.8. The molecule has 4 nitrogen and oxygen atoms in total. The van der Waals surface area contributed by atoms with Crippen molar-refractivity contribution < 1.29 is 4.74 Å². The molecule has 0 amide bonds. The summed E-state index contributed by atoms with van der Waals surface area (Å²) in [7, 11) is 1.82. The number of aryl methyl sites for hydroxylation is 1. The standard InChI is InChI=1S/C17H27N3OS.HI/c1-13-4-7-15(8-5-13)21-11-10-19-17(18-2)20-14-6-9-16(12-14)22-3;/h4-5,7-8,14,16H,6,9-12H2,1-3H3,(H2,18,19,20);1H. The summed E-state index contributed by atoms with van der Waals surface area (Å²) in [5, 5.41) is 7.62. The maximum Gasteiger partial charge on any atom is 0.191 e. The largest absolute Gasteiger partial charge is 0.492 e. The van der Waals surface area contributed by atoms with E-state index in [0.29, 0.717) is 12.6 Å². The van der Waals surface area contributed by atoms with Crippen molar-refractivity contribution in [2.24, 2.45) is 4.99 Å². The maximum absolute atomic E-state index is 5.71. The van der Waals surface area contributed by atoms with Gasteiger partial charge in [0.05, 0.1) is 6.54 Å². The summed E-state index contributed by atoms with van der Waals surface area (Å²) in [5.41, 5.74) is 1.25. The topological polar surface area (TPSA) is 45.7 Å². The number of nitrogens with zero attached hydrogens (tertiary/aromatic N) is 1. The molecular weight excluding hydrogens is 421 g/mol. The van der Waals surface area contributed by atoms with Crippen LogP contribution in [0.3, 0.4) is 0 Å². The van der Waals surface area contributed by atoms with Gasteiger partial charge in [-0.1, -0.05) is 17.7 Å². The third kappa shape index (κ3) is 7.20. The minimum Gasteiger partial charge on any atom is -0.492 e. The molecule has 23 heavy (non-hydrogen) atoms. The molecule has 2 rings (SSSR count). The molecule has 2 N–H and O–H groups in total. The van der Waals surface area contributed by atoms with Crippen molar-refractivity contribution >= 4 is 41.7 Å². The first-order chi connectivity index (χ1) is 10.7. The fraction of sp³-hybridized carbons (Fsp3) is 0.588. The molecule has 0 bridgehead atoms. The fourth-order valence-electron chi connectivity index (χ4n) is 2.65. The average Bonchev–Trinajstić information content (AvgIpc) is 2.99. The van der Waals surface area contributed by atoms with Gasteiger partial charge in [-0.05, 0) is 44.6 Å². The number of guanidine groups is 1. The zero-order valence-corrected chi connectivity index (χ0v) is 17.3. The van der Waals surface area contributed by atoms with Crippen LogP contribution < -0.4 is 15.4 Å². The Hall–Kier alpha value is -0.630. The molecule has 0 heterocycles. The van der Waals surface area contributed by atoms with E-state index in [9.17, 15) is 0 Å². The van der Waals surface area contributed by atoms with E-state index in [1.54, 1.807) is 0 Å². The van der Waals surface area contributed by atoms with Crippen LogP contribution in [0, 0.1) is 6.92 Å². The van der Waals surface area contributed by atoms with Crippen LogP contribution in [0.5, 0.6) is 5.75 Å². The first-order valence-electron chi connectivity index (χ1n) is 7.90. The molecule has 130 valence electrons. The van der Waals surface area contributed by atoms with E-state index in [1.165, 1.54) is 24.8 Å². The minimum absolute atomic E-state index is 0. The van der Waals surface area contributed by atoms with E-state index in [0.717, 1.165) is 23.5 Å². The number of hydrogen-bond acceptors (Lipinski definition) is 3. The lowest BCUT2D eigenvalue weighted by atomic mass is 10.2. The van der Waals surface area contributed by atoms with E-state index < -0.39 is 0 Å². The van der Waals surface area contributed by atoms with Gasteiger partial charge in [0.25, 0.3) is 0 Å². The molecule has 1 aromatic rings. The number of aliphatic imine (C=N–C) groups is 1. The Balaban J connectivity index is 0.00000264. The number of halogens is 1. The Labute approximate surface area is 161 Å². The Morgan fingerprint density at radius 1 is 1.30 bits per heavy atom. The summed E-state index contributed by atoms with van der Waals surface area (Å²) in [5.74, 6) is 1.79. The number of benzene rings is 1. The SMILES string of the molecule is CN=C(NCCOc1ccc(C)cc1)NC1CCC(SC)C1.I. The predicted molar refractivity (Wildman–Crippen MR) is 112 cm³/mol. The minimum atomic E-state index is 0. The molecule has 6 heteroatoms. The number of thioether (sulfide) groups is 1. The highest BCUT2D eigenvalue weighted by Gasteiger charge is 2.24. The number of hydrogen-bond donors (Lipinski definition) is 2. The zero-order valence-electron chi connectivity index (χ0n) is 14.2. The second-order valence-electron chi connectivity index (χ2n) is 5.67. The van der Waals surface area contributed by atoms with Gasteiger partial charge >= 0.3 is 0 Å². The molecule has 1 aliphatic rings. The summed E-state index contributed by atoms with van der Waals surface area (Å²) >= 11 is 1.97. The molecule has 0 radical (unpaired) electrons. The van der Waals surface area contributed by atoms with Crippen LogP contribution in [0.4, 0.5) is 0 Å². The van der Waals surface area contributed by atoms with E-state index in [4.69, 9.17) is 4.74 Å². The average molecular weight is 449 g/mol. The molecule has 1 fully saturated rings. The molecule has 1 saturated carbocycles. The summed E-state index contributed by atoms with van der Waals surface area (Å²) < 4.78 is 5.71. The predicted octanol–water partition coefficient (Wildman–Crippen LogP) is 3.44. The van der Waals surface area contributed by atoms with Crippen molar-refractivity contribution in [2.45, 2.75) is 37.5 Å². The van der Waals surface area contributed by atoms with Crippen molar-refractivity contribution in [3.8, 4) is 5.75 Å². The number of nitrogens with one attached hydrogen (secondary N) is 2. The molecule has 0 saturated heterocycles. The second kappa shape index (κ2) is 11.0. The van der Waals surface area contributed by atoms with Crippen molar-refractivity contribution in [1.29, 1.82) is 0 Å². The van der Waals surface area contributed by atoms with Crippen LogP contribution in [0.15, 0.2) is 29.3 Å². The summed E-state index contributed by atoms with van der Waals surface area (Å²) in [6.07, 6.45) is 5.95. The van der Waals surface area contributed by atoms with Crippen molar-refractivity contribution in [2.75, 3.05) is 26.5 Å². The maximum atomic E-state index is 5.71. The van der Waals surface area contributed by atoms with Gasteiger partial charge in [0.15, 0.2) is 5.96 Å². The molecule has 2 atom stereocenters. The Bertz CT molecular complexity index is 481. The third-order valence-electron chi connectivity index (χ3n) is 3.97. The van der Waals surface area contributed by atoms with Gasteiger partial charge in [-0.3, -0.25) is 4.99 Å². The summed E-state index contributed by atoms with van der Waals surface area (Å²) in [6, 6.07) is 8.67. The van der Waals surface area contributed by atoms with Gasteiger partial charge in [0.1, 0.15) is 12.4 Å². The lowest BCUT2D eigenvalue weighted by molar-refractivity contribution is 0.321. The van der Waals surface area contributed by atoms with Crippen LogP contribution in [0.2, 0.25) is 0 Å². The molecular formula is C17H28IN3OS. The summed E-state index contributed by atoms with van der Waals surface area (Å²) in [4.78, 5) is 4.29. The van der Waals surface area contributed by atoms with Gasteiger partial charge < -0.3 is 15.4 Å². The lowest BCUT2D eigenvalue weighted by Gasteiger charge is -2.17. The van der Waals surface area contributed by atoms with Crippen LogP contribution >= 0.6 is 35.7 Å². The van der Waals surface area contributed by atoms with Crippen molar-refractivity contribution in [3.63, 3.8) is 0 Å². The lowest BCUT2D eigenvalue weighted by Crippen LogP contribution is -2.43. The highest BCUT2D eigenvalue weighted by molar-refractivity contribution is 14.0. The molecule has 0 spiro atoms. The highest BCUT2D eigenvalue weighted by Crippen LogP contribution is 2.27. The third-order valence-corrected chi connectivity index (χ3v) is 5.06. The Morgan fingerprint density at radius 2 is 2.04 bits per heavy atom. The Kier molecular flexibility index (Phi) is 9.78. The van der Waals surface area contributed by atoms with Crippen LogP contribution in [0.1, 0.15) is 24.8 Å². The van der Waals surface area contributed by atoms with Gasteiger partial charge in [0, 0.05) is 18.3 Å². The van der Waals surface area contributed by atoms with E-state index in [-0.39, 0.29) is 24.0 Å². The molecule has 2 unspecified atom stereocenters. The monoisotopic (exact) mass is 449 g/mol. The molecule has 0 aromatic heterocycles. The smallest absolute Gasteiger partial charge is 0.191 e. The van der Waals surface area contributed by atoms with Gasteiger partial charge in [-0.15, -0.1) is 24.0 Å². The number of rotatable bonds is 6. The van der Waals surface area contributed by atoms with Crippen molar-refractivity contribution in [1.82, 2.24) is 10.6 Å². The number of ether oxygens (including phenoxy) is 1. The molecule has 1 aromatic carbocycles. The second-order valence-corrected chi connectivity index (χ2v) is 6.81. The highest BCUT2D eigenvalue weighted by atomic mass is 127. The summed E-state index contributed by atoms with van der Waals surface area (Å²) in [6.45, 7) is 3.44. The van der Waals surface area contributed by atoms with E-state index >= 15 is 0 Å². The Morgan fingerprint density at radius 3 is 2.65 bits per heavy atom.